The van der Waals surface area contributed by atoms with Gasteiger partial charge in [-0.3, -0.25) is 0 Å². The molecule has 0 heterocycles. The predicted octanol–water partition coefficient (Wildman–Crippen LogP) is 3.61. The molecule has 21 heavy (non-hydrogen) atoms. The summed E-state index contributed by atoms with van der Waals surface area (Å²) in [5, 5.41) is 0. The van der Waals surface area contributed by atoms with E-state index in [2.05, 4.69) is 35.8 Å². The summed E-state index contributed by atoms with van der Waals surface area (Å²) in [6.45, 7) is 12.4. The molecule has 1 N–H and O–H groups in total. The molecule has 0 saturated heterocycles. The van der Waals surface area contributed by atoms with Crippen LogP contribution in [0.5, 0.6) is 0 Å². The van der Waals surface area contributed by atoms with Gasteiger partial charge in [0.1, 0.15) is 18.6 Å². The molecule has 1 unspecified atom stereocenters. The Morgan fingerprint density at radius 2 is 1.90 bits per heavy atom. The summed E-state index contributed by atoms with van der Waals surface area (Å²) in [5.74, 6) is 2.81. The highest BCUT2D eigenvalue weighted by molar-refractivity contribution is 7.90. The van der Waals surface area contributed by atoms with Gasteiger partial charge in [0.2, 0.25) is 0 Å². The summed E-state index contributed by atoms with van der Waals surface area (Å²) in [6.07, 6.45) is 0. The maximum Gasteiger partial charge on any atom is 0.136 e. The Hall–Kier alpha value is -0.803. The summed E-state index contributed by atoms with van der Waals surface area (Å²) in [7, 11) is -1.45. The van der Waals surface area contributed by atoms with Gasteiger partial charge in [-0.25, -0.2) is 4.39 Å². The molecule has 0 spiro atoms. The van der Waals surface area contributed by atoms with Crippen LogP contribution in [0.15, 0.2) is 18.2 Å². The number of hydrogen-bond acceptors (Lipinski definition) is 2. The Kier molecular flexibility index (Phi) is 6.06. The van der Waals surface area contributed by atoms with E-state index in [1.165, 1.54) is 6.07 Å². The standard InChI is InChI=1S/C16H24FNOSSi/c1-16(2,3)20(19)18-12-14-11-13(7-8-15(14)17)9-10-21(4,5)6/h7-8,11,18H,12H2,1-6H3. The molecule has 0 saturated carbocycles. The van der Waals surface area contributed by atoms with Crippen LogP contribution in [0.2, 0.25) is 19.6 Å². The van der Waals surface area contributed by atoms with Gasteiger partial charge in [0.05, 0.1) is 6.54 Å². The van der Waals surface area contributed by atoms with Crippen LogP contribution in [0, 0.1) is 17.3 Å². The molecular weight excluding hydrogens is 301 g/mol. The number of benzene rings is 1. The average Bonchev–Trinajstić information content (AvgIpc) is 2.33. The van der Waals surface area contributed by atoms with Gasteiger partial charge in [0, 0.05) is 22.5 Å². The zero-order valence-electron chi connectivity index (χ0n) is 13.6. The Labute approximate surface area is 131 Å². The molecule has 116 valence electrons. The van der Waals surface area contributed by atoms with Crippen LogP contribution in [-0.4, -0.2) is 17.4 Å². The first-order valence-electron chi connectivity index (χ1n) is 6.96. The van der Waals surface area contributed by atoms with Gasteiger partial charge in [0.15, 0.2) is 0 Å². The van der Waals surface area contributed by atoms with Gasteiger partial charge in [-0.1, -0.05) is 25.6 Å². The highest BCUT2D eigenvalue weighted by Gasteiger charge is 2.26. The molecule has 0 aliphatic rings. The van der Waals surface area contributed by atoms with Gasteiger partial charge in [-0.05, 0) is 39.0 Å². The van der Waals surface area contributed by atoms with Gasteiger partial charge < -0.3 is 4.55 Å². The summed E-state index contributed by atoms with van der Waals surface area (Å²) in [5.41, 5.74) is 4.56. The zero-order chi connectivity index (χ0) is 16.3. The maximum atomic E-state index is 13.8. The van der Waals surface area contributed by atoms with Crippen molar-refractivity contribution in [2.45, 2.75) is 51.7 Å². The van der Waals surface area contributed by atoms with Crippen molar-refractivity contribution in [3.05, 3.63) is 35.1 Å². The fourth-order valence-electron chi connectivity index (χ4n) is 1.41. The normalized spacial score (nSPS) is 13.5. The summed E-state index contributed by atoms with van der Waals surface area (Å²) in [6, 6.07) is 4.84. The van der Waals surface area contributed by atoms with Crippen LogP contribution in [0.25, 0.3) is 0 Å². The summed E-state index contributed by atoms with van der Waals surface area (Å²) >= 11 is -1.22. The summed E-state index contributed by atoms with van der Waals surface area (Å²) < 4.78 is 28.3. The fourth-order valence-corrected chi connectivity index (χ4v) is 2.65. The van der Waals surface area contributed by atoms with Crippen LogP contribution in [0.3, 0.4) is 0 Å². The first-order valence-corrected chi connectivity index (χ1v) is 11.6. The maximum absolute atomic E-state index is 13.8. The van der Waals surface area contributed by atoms with E-state index in [-0.39, 0.29) is 17.1 Å². The van der Waals surface area contributed by atoms with Crippen molar-refractivity contribution in [3.8, 4) is 11.5 Å². The molecule has 1 atom stereocenters. The Bertz CT molecular complexity index is 552. The second kappa shape index (κ2) is 6.97. The lowest BCUT2D eigenvalue weighted by molar-refractivity contribution is 0.540. The van der Waals surface area contributed by atoms with Crippen molar-refractivity contribution in [1.29, 1.82) is 0 Å². The number of halogens is 1. The van der Waals surface area contributed by atoms with Crippen LogP contribution < -0.4 is 4.72 Å². The lowest BCUT2D eigenvalue weighted by Crippen LogP contribution is -2.39. The molecule has 1 rings (SSSR count). The summed E-state index contributed by atoms with van der Waals surface area (Å²) in [4.78, 5) is 0. The first-order chi connectivity index (χ1) is 9.49. The molecule has 1 aromatic carbocycles. The lowest BCUT2D eigenvalue weighted by atomic mass is 10.1. The second-order valence-electron chi connectivity index (χ2n) is 7.01. The highest BCUT2D eigenvalue weighted by Crippen LogP contribution is 2.15. The molecule has 0 aliphatic heterocycles. The smallest absolute Gasteiger partial charge is 0.136 e. The van der Waals surface area contributed by atoms with Crippen molar-refractivity contribution < 1.29 is 8.94 Å². The Morgan fingerprint density at radius 3 is 2.43 bits per heavy atom. The molecule has 1 aromatic rings. The van der Waals surface area contributed by atoms with E-state index in [0.717, 1.165) is 5.56 Å². The minimum atomic E-state index is -1.45. The number of rotatable bonds is 3. The quantitative estimate of drug-likeness (QED) is 0.523. The molecule has 2 nitrogen and oxygen atoms in total. The van der Waals surface area contributed by atoms with Gasteiger partial charge in [-0.15, -0.1) is 10.3 Å². The van der Waals surface area contributed by atoms with Crippen LogP contribution in [0.1, 0.15) is 31.9 Å². The van der Waals surface area contributed by atoms with E-state index in [0.29, 0.717) is 5.56 Å². The molecule has 5 heteroatoms. The highest BCUT2D eigenvalue weighted by atomic mass is 32.2. The third-order valence-corrected chi connectivity index (χ3v) is 4.97. The topological polar surface area (TPSA) is 35.1 Å². The van der Waals surface area contributed by atoms with Crippen LogP contribution >= 0.6 is 0 Å². The molecule has 0 amide bonds. The van der Waals surface area contributed by atoms with E-state index in [4.69, 9.17) is 0 Å². The third-order valence-electron chi connectivity index (χ3n) is 2.58. The van der Waals surface area contributed by atoms with E-state index < -0.39 is 19.4 Å². The van der Waals surface area contributed by atoms with Crippen molar-refractivity contribution in [3.63, 3.8) is 0 Å². The van der Waals surface area contributed by atoms with Gasteiger partial charge in [0.25, 0.3) is 0 Å². The molecule has 0 radical (unpaired) electrons. The van der Waals surface area contributed by atoms with Gasteiger partial charge in [-0.2, -0.15) is 0 Å². The monoisotopic (exact) mass is 325 g/mol. The number of nitrogens with one attached hydrogen (secondary N) is 1. The lowest BCUT2D eigenvalue weighted by Gasteiger charge is -2.23. The fraction of sp³-hybridized carbons (Fsp3) is 0.500. The van der Waals surface area contributed by atoms with E-state index in [1.54, 1.807) is 12.1 Å². The number of hydrogen-bond donors (Lipinski definition) is 1. The van der Waals surface area contributed by atoms with E-state index in [9.17, 15) is 8.94 Å². The van der Waals surface area contributed by atoms with Crippen LogP contribution in [0.4, 0.5) is 4.39 Å². The molecular formula is C16H24FNOSSi. The van der Waals surface area contributed by atoms with Crippen LogP contribution in [-0.2, 0) is 17.9 Å². The van der Waals surface area contributed by atoms with Crippen molar-refractivity contribution in [2.24, 2.45) is 0 Å². The zero-order valence-corrected chi connectivity index (χ0v) is 15.5. The van der Waals surface area contributed by atoms with Gasteiger partial charge >= 0.3 is 0 Å². The third kappa shape index (κ3) is 6.66. The second-order valence-corrected chi connectivity index (χ2v) is 13.8. The largest absolute Gasteiger partial charge is 0.598 e. The Morgan fingerprint density at radius 1 is 1.29 bits per heavy atom. The predicted molar refractivity (Wildman–Crippen MR) is 91.4 cm³/mol. The first kappa shape index (κ1) is 18.2. The SMILES string of the molecule is CC(C)(C)[S+]([O-])NCc1cc(C#C[Si](C)(C)C)ccc1F. The average molecular weight is 326 g/mol. The minimum Gasteiger partial charge on any atom is -0.598 e. The molecule has 0 fully saturated rings. The Balaban J connectivity index is 2.86. The molecule has 0 aromatic heterocycles. The minimum absolute atomic E-state index is 0.234. The molecule has 0 aliphatic carbocycles. The molecule has 0 bridgehead atoms. The van der Waals surface area contributed by atoms with E-state index in [1.807, 2.05) is 20.8 Å². The van der Waals surface area contributed by atoms with Crippen molar-refractivity contribution in [2.75, 3.05) is 0 Å². The van der Waals surface area contributed by atoms with E-state index >= 15 is 0 Å². The van der Waals surface area contributed by atoms with Crippen molar-refractivity contribution in [1.82, 2.24) is 4.72 Å². The van der Waals surface area contributed by atoms with Crippen molar-refractivity contribution >= 4 is 19.4 Å².